The van der Waals surface area contributed by atoms with Crippen LogP contribution in [0.15, 0.2) is 60.7 Å². The van der Waals surface area contributed by atoms with E-state index in [0.717, 1.165) is 10.8 Å². The number of hydrogen-bond donors (Lipinski definition) is 0. The van der Waals surface area contributed by atoms with E-state index in [1.807, 2.05) is 42.5 Å². The number of rotatable bonds is 4. The first kappa shape index (κ1) is 17.9. The molecule has 0 aromatic heterocycles. The molecule has 5 rings (SSSR count). The summed E-state index contributed by atoms with van der Waals surface area (Å²) in [6, 6.07) is 18.5. The van der Waals surface area contributed by atoms with E-state index in [1.165, 1.54) is 37.0 Å². The first-order chi connectivity index (χ1) is 14.2. The minimum absolute atomic E-state index is 0.298. The molecule has 0 atom stereocenters. The smallest absolute Gasteiger partial charge is 0.266 e. The number of nitrogens with zero attached hydrogens (tertiary/aromatic N) is 1. The van der Waals surface area contributed by atoms with Crippen LogP contribution >= 0.6 is 0 Å². The monoisotopic (exact) mass is 385 g/mol. The molecular weight excluding hydrogens is 362 g/mol. The van der Waals surface area contributed by atoms with Crippen LogP contribution in [0, 0.1) is 5.92 Å². The van der Waals surface area contributed by atoms with Gasteiger partial charge in [0.2, 0.25) is 0 Å². The third kappa shape index (κ3) is 3.09. The van der Waals surface area contributed by atoms with Gasteiger partial charge in [0.1, 0.15) is 5.75 Å². The minimum Gasteiger partial charge on any atom is -0.491 e. The standard InChI is InChI=1S/C25H23NO3/c27-24-19-12-6-10-18-11-7-13-20(23(18)19)25(28)26(24)21-14-4-5-15-22(21)29-16-17-8-2-1-3-9-17/h4-7,10-15,17H,1-3,8-9,16H2. The van der Waals surface area contributed by atoms with Gasteiger partial charge in [-0.25, -0.2) is 4.90 Å². The maximum absolute atomic E-state index is 13.3. The largest absolute Gasteiger partial charge is 0.491 e. The molecule has 2 aliphatic rings. The highest BCUT2D eigenvalue weighted by Gasteiger charge is 2.35. The normalized spacial score (nSPS) is 17.0. The van der Waals surface area contributed by atoms with Crippen molar-refractivity contribution in [2.45, 2.75) is 32.1 Å². The molecule has 1 fully saturated rings. The molecule has 3 aromatic rings. The van der Waals surface area contributed by atoms with Crippen LogP contribution in [0.25, 0.3) is 10.8 Å². The summed E-state index contributed by atoms with van der Waals surface area (Å²) in [7, 11) is 0. The second-order valence-electron chi connectivity index (χ2n) is 7.94. The summed E-state index contributed by atoms with van der Waals surface area (Å²) in [5.74, 6) is 0.534. The predicted molar refractivity (Wildman–Crippen MR) is 114 cm³/mol. The van der Waals surface area contributed by atoms with Crippen molar-refractivity contribution in [3.05, 3.63) is 71.8 Å². The van der Waals surface area contributed by atoms with Gasteiger partial charge in [0, 0.05) is 16.5 Å². The van der Waals surface area contributed by atoms with Crippen molar-refractivity contribution in [1.29, 1.82) is 0 Å². The SMILES string of the molecule is O=C1c2cccc3cccc(c23)C(=O)N1c1ccccc1OCC1CCCCC1. The summed E-state index contributed by atoms with van der Waals surface area (Å²) in [6.07, 6.45) is 6.16. The maximum atomic E-state index is 13.3. The van der Waals surface area contributed by atoms with Crippen LogP contribution in [0.3, 0.4) is 0 Å². The summed E-state index contributed by atoms with van der Waals surface area (Å²) < 4.78 is 6.14. The zero-order valence-corrected chi connectivity index (χ0v) is 16.3. The van der Waals surface area contributed by atoms with Gasteiger partial charge < -0.3 is 4.74 Å². The van der Waals surface area contributed by atoms with Gasteiger partial charge in [-0.05, 0) is 48.4 Å². The molecule has 3 aromatic carbocycles. The van der Waals surface area contributed by atoms with Crippen molar-refractivity contribution in [3.63, 3.8) is 0 Å². The molecule has 0 unspecified atom stereocenters. The molecule has 0 bridgehead atoms. The predicted octanol–water partition coefficient (Wildman–Crippen LogP) is 5.60. The van der Waals surface area contributed by atoms with Crippen LogP contribution in [0.1, 0.15) is 52.8 Å². The molecular formula is C25H23NO3. The van der Waals surface area contributed by atoms with Crippen molar-refractivity contribution in [2.75, 3.05) is 11.5 Å². The Morgan fingerprint density at radius 1 is 0.793 bits per heavy atom. The topological polar surface area (TPSA) is 46.6 Å². The van der Waals surface area contributed by atoms with E-state index in [1.54, 1.807) is 18.2 Å². The molecule has 29 heavy (non-hydrogen) atoms. The molecule has 1 saturated carbocycles. The number of amides is 2. The van der Waals surface area contributed by atoms with Gasteiger partial charge in [0.15, 0.2) is 0 Å². The van der Waals surface area contributed by atoms with Crippen LogP contribution in [-0.4, -0.2) is 18.4 Å². The molecule has 1 aliphatic heterocycles. The number of carbonyl (C=O) groups is 2. The quantitative estimate of drug-likeness (QED) is 0.549. The molecule has 0 saturated heterocycles. The summed E-state index contributed by atoms with van der Waals surface area (Å²) in [6.45, 7) is 0.624. The number of benzene rings is 3. The van der Waals surface area contributed by atoms with Gasteiger partial charge in [0.05, 0.1) is 12.3 Å². The molecule has 1 heterocycles. The lowest BCUT2D eigenvalue weighted by Crippen LogP contribution is -2.40. The highest BCUT2D eigenvalue weighted by atomic mass is 16.5. The number of ether oxygens (including phenoxy) is 1. The van der Waals surface area contributed by atoms with Crippen LogP contribution in [0.5, 0.6) is 5.75 Å². The van der Waals surface area contributed by atoms with Crippen molar-refractivity contribution in [1.82, 2.24) is 0 Å². The lowest BCUT2D eigenvalue weighted by Gasteiger charge is -2.29. The Bertz CT molecular complexity index is 1050. The lowest BCUT2D eigenvalue weighted by atomic mass is 9.90. The highest BCUT2D eigenvalue weighted by molar-refractivity contribution is 6.36. The van der Waals surface area contributed by atoms with E-state index in [0.29, 0.717) is 35.1 Å². The van der Waals surface area contributed by atoms with E-state index in [4.69, 9.17) is 4.74 Å². The van der Waals surface area contributed by atoms with Gasteiger partial charge in [-0.3, -0.25) is 9.59 Å². The van der Waals surface area contributed by atoms with Gasteiger partial charge in [-0.1, -0.05) is 55.7 Å². The first-order valence-corrected chi connectivity index (χ1v) is 10.4. The van der Waals surface area contributed by atoms with Crippen LogP contribution < -0.4 is 9.64 Å². The van der Waals surface area contributed by atoms with Gasteiger partial charge in [-0.2, -0.15) is 0 Å². The third-order valence-corrected chi connectivity index (χ3v) is 6.08. The maximum Gasteiger partial charge on any atom is 0.266 e. The summed E-state index contributed by atoms with van der Waals surface area (Å²) in [5.41, 5.74) is 1.63. The van der Waals surface area contributed by atoms with Crippen molar-refractivity contribution in [2.24, 2.45) is 5.92 Å². The number of para-hydroxylation sites is 2. The second kappa shape index (κ2) is 7.36. The average Bonchev–Trinajstić information content (AvgIpc) is 2.77. The Hall–Kier alpha value is -3.14. The highest BCUT2D eigenvalue weighted by Crippen LogP contribution is 2.37. The van der Waals surface area contributed by atoms with Crippen LogP contribution in [0.2, 0.25) is 0 Å². The Morgan fingerprint density at radius 3 is 2.14 bits per heavy atom. The second-order valence-corrected chi connectivity index (χ2v) is 7.94. The molecule has 4 nitrogen and oxygen atoms in total. The molecule has 0 N–H and O–H groups in total. The Labute approximate surface area is 170 Å². The number of imide groups is 1. The van der Waals surface area contributed by atoms with Crippen LogP contribution in [-0.2, 0) is 0 Å². The van der Waals surface area contributed by atoms with E-state index in [2.05, 4.69) is 0 Å². The number of anilines is 1. The summed E-state index contributed by atoms with van der Waals surface area (Å²) in [5, 5.41) is 1.64. The molecule has 2 amide bonds. The molecule has 0 spiro atoms. The van der Waals surface area contributed by atoms with Crippen LogP contribution in [0.4, 0.5) is 5.69 Å². The van der Waals surface area contributed by atoms with E-state index >= 15 is 0 Å². The Balaban J connectivity index is 1.52. The number of hydrogen-bond acceptors (Lipinski definition) is 3. The Kier molecular flexibility index (Phi) is 4.55. The minimum atomic E-state index is -0.298. The van der Waals surface area contributed by atoms with E-state index < -0.39 is 0 Å². The molecule has 146 valence electrons. The lowest BCUT2D eigenvalue weighted by molar-refractivity contribution is 0.0891. The Morgan fingerprint density at radius 2 is 1.45 bits per heavy atom. The van der Waals surface area contributed by atoms with Crippen molar-refractivity contribution in [3.8, 4) is 5.75 Å². The average molecular weight is 385 g/mol. The molecule has 4 heteroatoms. The first-order valence-electron chi connectivity index (χ1n) is 10.4. The van der Waals surface area contributed by atoms with Gasteiger partial charge in [-0.15, -0.1) is 0 Å². The van der Waals surface area contributed by atoms with Gasteiger partial charge in [0.25, 0.3) is 11.8 Å². The third-order valence-electron chi connectivity index (χ3n) is 6.08. The fourth-order valence-corrected chi connectivity index (χ4v) is 4.57. The van der Waals surface area contributed by atoms with E-state index in [9.17, 15) is 9.59 Å². The summed E-state index contributed by atoms with van der Waals surface area (Å²) in [4.78, 5) is 27.9. The van der Waals surface area contributed by atoms with Crippen molar-refractivity contribution < 1.29 is 14.3 Å². The van der Waals surface area contributed by atoms with Gasteiger partial charge >= 0.3 is 0 Å². The zero-order chi connectivity index (χ0) is 19.8. The molecule has 1 aliphatic carbocycles. The zero-order valence-electron chi connectivity index (χ0n) is 16.3. The summed E-state index contributed by atoms with van der Waals surface area (Å²) >= 11 is 0. The van der Waals surface area contributed by atoms with Crippen molar-refractivity contribution >= 4 is 28.3 Å². The fourth-order valence-electron chi connectivity index (χ4n) is 4.57. The fraction of sp³-hybridized carbons (Fsp3) is 0.280. The molecule has 0 radical (unpaired) electrons. The van der Waals surface area contributed by atoms with E-state index in [-0.39, 0.29) is 11.8 Å². The number of carbonyl (C=O) groups excluding carboxylic acids is 2.